The van der Waals surface area contributed by atoms with Gasteiger partial charge in [-0.2, -0.15) is 0 Å². The first-order valence-electron chi connectivity index (χ1n) is 6.37. The van der Waals surface area contributed by atoms with Crippen LogP contribution in [0.2, 0.25) is 0 Å². The fourth-order valence-corrected chi connectivity index (χ4v) is 2.53. The molecule has 1 atom stereocenters. The molecule has 2 rings (SSSR count). The molecule has 1 amide bonds. The molecule has 0 saturated carbocycles. The Morgan fingerprint density at radius 3 is 2.83 bits per heavy atom. The van der Waals surface area contributed by atoms with Crippen LogP contribution < -0.4 is 10.6 Å². The number of hydrogen-bond acceptors (Lipinski definition) is 3. The van der Waals surface area contributed by atoms with Crippen LogP contribution >= 0.6 is 0 Å². The molecule has 4 nitrogen and oxygen atoms in total. The Morgan fingerprint density at radius 2 is 2.17 bits per heavy atom. The summed E-state index contributed by atoms with van der Waals surface area (Å²) in [7, 11) is 3.59. The van der Waals surface area contributed by atoms with Crippen molar-refractivity contribution in [2.45, 2.75) is 25.8 Å². The predicted molar refractivity (Wildman–Crippen MR) is 74.7 cm³/mol. The lowest BCUT2D eigenvalue weighted by molar-refractivity contribution is -0.129. The number of nitrogens with zero attached hydrogens (tertiary/aromatic N) is 2. The summed E-state index contributed by atoms with van der Waals surface area (Å²) in [6.45, 7) is 2.87. The minimum Gasteiger partial charge on any atom is -0.399 e. The molecule has 0 fully saturated rings. The number of carbonyl (C=O) groups is 1. The van der Waals surface area contributed by atoms with Gasteiger partial charge in [0.15, 0.2) is 0 Å². The van der Waals surface area contributed by atoms with E-state index < -0.39 is 0 Å². The van der Waals surface area contributed by atoms with Crippen LogP contribution in [-0.4, -0.2) is 37.5 Å². The van der Waals surface area contributed by atoms with E-state index in [0.29, 0.717) is 0 Å². The fraction of sp³-hybridized carbons (Fsp3) is 0.500. The van der Waals surface area contributed by atoms with Gasteiger partial charge in [0.2, 0.25) is 5.91 Å². The maximum Gasteiger partial charge on any atom is 0.244 e. The number of likely N-dealkylation sites (N-methyl/N-ethyl adjacent to an activating group) is 1. The molecule has 98 valence electrons. The Labute approximate surface area is 108 Å². The van der Waals surface area contributed by atoms with Gasteiger partial charge in [-0.05, 0) is 37.5 Å². The highest BCUT2D eigenvalue weighted by molar-refractivity contribution is 5.85. The van der Waals surface area contributed by atoms with Crippen LogP contribution in [0.4, 0.5) is 11.4 Å². The van der Waals surface area contributed by atoms with Crippen LogP contribution in [0.1, 0.15) is 18.9 Å². The molecular formula is C14H21N3O. The van der Waals surface area contributed by atoms with E-state index in [1.165, 1.54) is 5.56 Å². The molecule has 1 aliphatic rings. The van der Waals surface area contributed by atoms with E-state index in [-0.39, 0.29) is 11.9 Å². The molecule has 0 spiro atoms. The van der Waals surface area contributed by atoms with Crippen molar-refractivity contribution in [3.8, 4) is 0 Å². The number of rotatable bonds is 2. The van der Waals surface area contributed by atoms with Gasteiger partial charge < -0.3 is 15.5 Å². The zero-order valence-corrected chi connectivity index (χ0v) is 11.3. The summed E-state index contributed by atoms with van der Waals surface area (Å²) in [6, 6.07) is 5.85. The van der Waals surface area contributed by atoms with Gasteiger partial charge in [-0.15, -0.1) is 0 Å². The lowest BCUT2D eigenvalue weighted by atomic mass is 9.99. The zero-order chi connectivity index (χ0) is 13.3. The van der Waals surface area contributed by atoms with Crippen LogP contribution in [0.15, 0.2) is 18.2 Å². The summed E-state index contributed by atoms with van der Waals surface area (Å²) in [5, 5.41) is 0. The van der Waals surface area contributed by atoms with Crippen molar-refractivity contribution in [3.05, 3.63) is 23.8 Å². The van der Waals surface area contributed by atoms with Gasteiger partial charge in [-0.3, -0.25) is 4.79 Å². The monoisotopic (exact) mass is 247 g/mol. The second-order valence-corrected chi connectivity index (χ2v) is 5.09. The molecule has 1 heterocycles. The van der Waals surface area contributed by atoms with Gasteiger partial charge in [0, 0.05) is 32.0 Å². The number of carbonyl (C=O) groups excluding carboxylic acids is 1. The minimum absolute atomic E-state index is 0.130. The number of benzene rings is 1. The topological polar surface area (TPSA) is 49.6 Å². The molecule has 4 heteroatoms. The first-order valence-corrected chi connectivity index (χ1v) is 6.37. The molecule has 1 aromatic carbocycles. The third-order valence-electron chi connectivity index (χ3n) is 3.53. The number of anilines is 2. The number of hydrogen-bond donors (Lipinski definition) is 1. The molecule has 0 bridgehead atoms. The molecule has 1 aromatic rings. The van der Waals surface area contributed by atoms with Gasteiger partial charge in [0.1, 0.15) is 6.04 Å². The first-order chi connectivity index (χ1) is 8.50. The van der Waals surface area contributed by atoms with Crippen LogP contribution in [0.25, 0.3) is 0 Å². The molecule has 0 aliphatic carbocycles. The predicted octanol–water partition coefficient (Wildman–Crippen LogP) is 1.50. The highest BCUT2D eigenvalue weighted by Gasteiger charge is 2.26. The van der Waals surface area contributed by atoms with E-state index in [0.717, 1.165) is 30.8 Å². The van der Waals surface area contributed by atoms with E-state index in [2.05, 4.69) is 11.0 Å². The summed E-state index contributed by atoms with van der Waals surface area (Å²) in [5.41, 5.74) is 9.01. The fourth-order valence-electron chi connectivity index (χ4n) is 2.53. The highest BCUT2D eigenvalue weighted by atomic mass is 16.2. The molecule has 1 aliphatic heterocycles. The van der Waals surface area contributed by atoms with E-state index in [9.17, 15) is 4.79 Å². The van der Waals surface area contributed by atoms with Crippen molar-refractivity contribution >= 4 is 17.3 Å². The Bertz CT molecular complexity index is 456. The quantitative estimate of drug-likeness (QED) is 0.806. The standard InChI is InChI=1S/C14H21N3O/c1-10(14(18)16(2)3)17-8-4-5-11-6-7-12(15)9-13(11)17/h6-7,9-10H,4-5,8,15H2,1-3H3. The average Bonchev–Trinajstić information content (AvgIpc) is 2.36. The Morgan fingerprint density at radius 1 is 1.44 bits per heavy atom. The Hall–Kier alpha value is -1.71. The zero-order valence-electron chi connectivity index (χ0n) is 11.3. The highest BCUT2D eigenvalue weighted by Crippen LogP contribution is 2.30. The maximum absolute atomic E-state index is 12.1. The largest absolute Gasteiger partial charge is 0.399 e. The summed E-state index contributed by atoms with van der Waals surface area (Å²) in [4.78, 5) is 15.9. The molecule has 18 heavy (non-hydrogen) atoms. The normalized spacial score (nSPS) is 16.1. The van der Waals surface area contributed by atoms with Crippen molar-refractivity contribution < 1.29 is 4.79 Å². The summed E-state index contributed by atoms with van der Waals surface area (Å²) in [5.74, 6) is 0.130. The molecule has 1 unspecified atom stereocenters. The van der Waals surface area contributed by atoms with Gasteiger partial charge >= 0.3 is 0 Å². The molecule has 2 N–H and O–H groups in total. The summed E-state index contributed by atoms with van der Waals surface area (Å²) < 4.78 is 0. The summed E-state index contributed by atoms with van der Waals surface area (Å²) >= 11 is 0. The van der Waals surface area contributed by atoms with Crippen molar-refractivity contribution in [3.63, 3.8) is 0 Å². The number of fused-ring (bicyclic) bond motifs is 1. The first kappa shape index (κ1) is 12.7. The molecule has 0 aromatic heterocycles. The van der Waals surface area contributed by atoms with Gasteiger partial charge in [0.05, 0.1) is 0 Å². The number of nitrogen functional groups attached to an aromatic ring is 1. The number of amides is 1. The second kappa shape index (κ2) is 4.88. The minimum atomic E-state index is -0.138. The van der Waals surface area contributed by atoms with E-state index in [1.807, 2.05) is 19.1 Å². The van der Waals surface area contributed by atoms with Crippen molar-refractivity contribution in [1.82, 2.24) is 4.90 Å². The van der Waals surface area contributed by atoms with Crippen molar-refractivity contribution in [2.24, 2.45) is 0 Å². The molecule has 0 radical (unpaired) electrons. The SMILES string of the molecule is CC(C(=O)N(C)C)N1CCCc2ccc(N)cc21. The average molecular weight is 247 g/mol. The smallest absolute Gasteiger partial charge is 0.244 e. The van der Waals surface area contributed by atoms with Crippen LogP contribution in [0.5, 0.6) is 0 Å². The Balaban J connectivity index is 2.32. The van der Waals surface area contributed by atoms with Crippen molar-refractivity contribution in [1.29, 1.82) is 0 Å². The van der Waals surface area contributed by atoms with E-state index in [1.54, 1.807) is 19.0 Å². The van der Waals surface area contributed by atoms with E-state index >= 15 is 0 Å². The molecule has 0 saturated heterocycles. The lowest BCUT2D eigenvalue weighted by Crippen LogP contribution is -2.46. The third-order valence-corrected chi connectivity index (χ3v) is 3.53. The second-order valence-electron chi connectivity index (χ2n) is 5.09. The van der Waals surface area contributed by atoms with Crippen molar-refractivity contribution in [2.75, 3.05) is 31.3 Å². The van der Waals surface area contributed by atoms with Crippen LogP contribution in [0.3, 0.4) is 0 Å². The third kappa shape index (κ3) is 2.28. The number of nitrogens with two attached hydrogens (primary N) is 1. The van der Waals surface area contributed by atoms with Crippen LogP contribution in [0, 0.1) is 0 Å². The lowest BCUT2D eigenvalue weighted by Gasteiger charge is -2.36. The Kier molecular flexibility index (Phi) is 3.45. The van der Waals surface area contributed by atoms with E-state index in [4.69, 9.17) is 5.73 Å². The molecular weight excluding hydrogens is 226 g/mol. The maximum atomic E-state index is 12.1. The van der Waals surface area contributed by atoms with Crippen LogP contribution in [-0.2, 0) is 11.2 Å². The number of aryl methyl sites for hydroxylation is 1. The van der Waals surface area contributed by atoms with Gasteiger partial charge in [-0.1, -0.05) is 6.07 Å². The van der Waals surface area contributed by atoms with Gasteiger partial charge in [-0.25, -0.2) is 0 Å². The summed E-state index contributed by atoms with van der Waals surface area (Å²) in [6.07, 6.45) is 2.15. The van der Waals surface area contributed by atoms with Gasteiger partial charge in [0.25, 0.3) is 0 Å².